The fourth-order valence-electron chi connectivity index (χ4n) is 2.93. The zero-order chi connectivity index (χ0) is 16.4. The Morgan fingerprint density at radius 1 is 1.43 bits per heavy atom. The van der Waals surface area contributed by atoms with Crippen LogP contribution in [-0.2, 0) is 11.3 Å². The van der Waals surface area contributed by atoms with Crippen LogP contribution in [0.2, 0.25) is 0 Å². The third-order valence-corrected chi connectivity index (χ3v) is 4.29. The third-order valence-electron chi connectivity index (χ3n) is 4.29. The number of primary amides is 1. The highest BCUT2D eigenvalue weighted by Crippen LogP contribution is 2.24. The molecule has 0 unspecified atom stereocenters. The van der Waals surface area contributed by atoms with Crippen LogP contribution in [0.25, 0.3) is 11.3 Å². The Hall–Kier alpha value is -2.18. The van der Waals surface area contributed by atoms with Crippen LogP contribution in [-0.4, -0.2) is 39.8 Å². The van der Waals surface area contributed by atoms with E-state index in [0.717, 1.165) is 24.2 Å². The van der Waals surface area contributed by atoms with Crippen molar-refractivity contribution in [2.45, 2.75) is 31.9 Å². The van der Waals surface area contributed by atoms with Gasteiger partial charge in [0.15, 0.2) is 11.4 Å². The molecule has 0 saturated carbocycles. The molecule has 0 bridgehead atoms. The normalized spacial score (nSPS) is 22.2. The van der Waals surface area contributed by atoms with Gasteiger partial charge in [0.1, 0.15) is 5.69 Å². The van der Waals surface area contributed by atoms with Crippen molar-refractivity contribution >= 4 is 5.91 Å². The van der Waals surface area contributed by atoms with Crippen LogP contribution in [0.4, 0.5) is 0 Å². The number of carbonyl (C=O) groups is 1. The summed E-state index contributed by atoms with van der Waals surface area (Å²) in [6.07, 6.45) is 1.13. The van der Waals surface area contributed by atoms with E-state index in [0.29, 0.717) is 18.7 Å². The van der Waals surface area contributed by atoms with Crippen molar-refractivity contribution in [3.63, 3.8) is 0 Å². The van der Waals surface area contributed by atoms with E-state index < -0.39 is 11.5 Å². The molecule has 6 heteroatoms. The minimum Gasteiger partial charge on any atom is -0.379 e. The van der Waals surface area contributed by atoms with Crippen LogP contribution in [0.15, 0.2) is 34.9 Å². The van der Waals surface area contributed by atoms with Gasteiger partial charge in [0.2, 0.25) is 0 Å². The molecule has 3 rings (SSSR count). The predicted octanol–water partition coefficient (Wildman–Crippen LogP) is 1.46. The number of aryl methyl sites for hydroxylation is 1. The number of aliphatic hydroxyl groups is 1. The molecule has 6 nitrogen and oxygen atoms in total. The van der Waals surface area contributed by atoms with Gasteiger partial charge in [-0.3, -0.25) is 9.69 Å². The zero-order valence-corrected chi connectivity index (χ0v) is 13.2. The maximum absolute atomic E-state index is 11.4. The van der Waals surface area contributed by atoms with Crippen molar-refractivity contribution < 1.29 is 14.4 Å². The summed E-state index contributed by atoms with van der Waals surface area (Å²) < 4.78 is 5.39. The minimum atomic E-state index is -1.45. The molecule has 2 heterocycles. The Bertz CT molecular complexity index is 695. The Balaban J connectivity index is 1.69. The van der Waals surface area contributed by atoms with Crippen LogP contribution in [0.3, 0.4) is 0 Å². The molecule has 23 heavy (non-hydrogen) atoms. The van der Waals surface area contributed by atoms with E-state index in [9.17, 15) is 9.90 Å². The first-order valence-corrected chi connectivity index (χ1v) is 7.73. The second-order valence-corrected chi connectivity index (χ2v) is 6.25. The first kappa shape index (κ1) is 15.7. The summed E-state index contributed by atoms with van der Waals surface area (Å²) in [5.41, 5.74) is 6.82. The van der Waals surface area contributed by atoms with E-state index in [1.807, 2.05) is 42.2 Å². The van der Waals surface area contributed by atoms with E-state index in [1.54, 1.807) is 0 Å². The van der Waals surface area contributed by atoms with Gasteiger partial charge in [-0.15, -0.1) is 0 Å². The van der Waals surface area contributed by atoms with Crippen molar-refractivity contribution in [1.82, 2.24) is 10.1 Å². The monoisotopic (exact) mass is 315 g/mol. The number of β-amino-alcohol motifs (C(OH)–C–C–N with tert-alkyl or cyclic N) is 1. The topological polar surface area (TPSA) is 92.6 Å². The molecule has 0 aliphatic carbocycles. The quantitative estimate of drug-likeness (QED) is 0.891. The van der Waals surface area contributed by atoms with Crippen LogP contribution in [0.5, 0.6) is 0 Å². The summed E-state index contributed by atoms with van der Waals surface area (Å²) in [4.78, 5) is 13.4. The predicted molar refractivity (Wildman–Crippen MR) is 85.3 cm³/mol. The summed E-state index contributed by atoms with van der Waals surface area (Å²) >= 11 is 0. The molecule has 122 valence electrons. The molecule has 1 fully saturated rings. The van der Waals surface area contributed by atoms with Gasteiger partial charge in [-0.1, -0.05) is 35.0 Å². The molecule has 1 aromatic heterocycles. The minimum absolute atomic E-state index is 0.225. The summed E-state index contributed by atoms with van der Waals surface area (Å²) in [6.45, 7) is 3.54. The average molecular weight is 315 g/mol. The van der Waals surface area contributed by atoms with Crippen molar-refractivity contribution in [1.29, 1.82) is 0 Å². The number of aromatic nitrogens is 1. The number of amides is 1. The SMILES string of the molecule is Cc1ccc(-c2cc(CN3CCC[C@](O)(C(N)=O)C3)on2)cc1. The lowest BCUT2D eigenvalue weighted by atomic mass is 9.92. The fraction of sp³-hybridized carbons (Fsp3) is 0.412. The lowest BCUT2D eigenvalue weighted by Crippen LogP contribution is -2.55. The van der Waals surface area contributed by atoms with Gasteiger partial charge in [0, 0.05) is 18.2 Å². The van der Waals surface area contributed by atoms with Gasteiger partial charge in [-0.2, -0.15) is 0 Å². The van der Waals surface area contributed by atoms with Crippen LogP contribution in [0.1, 0.15) is 24.2 Å². The second-order valence-electron chi connectivity index (χ2n) is 6.25. The molecule has 1 aliphatic rings. The maximum atomic E-state index is 11.4. The Labute approximate surface area is 134 Å². The molecule has 1 amide bonds. The Morgan fingerprint density at radius 3 is 2.87 bits per heavy atom. The van der Waals surface area contributed by atoms with Crippen molar-refractivity contribution in [3.05, 3.63) is 41.7 Å². The summed E-state index contributed by atoms with van der Waals surface area (Å²) in [5.74, 6) is 0.0365. The van der Waals surface area contributed by atoms with Gasteiger partial charge < -0.3 is 15.4 Å². The molecule has 2 aromatic rings. The van der Waals surface area contributed by atoms with E-state index in [2.05, 4.69) is 5.16 Å². The fourth-order valence-corrected chi connectivity index (χ4v) is 2.93. The maximum Gasteiger partial charge on any atom is 0.250 e. The number of likely N-dealkylation sites (tertiary alicyclic amines) is 1. The lowest BCUT2D eigenvalue weighted by Gasteiger charge is -2.36. The molecule has 0 radical (unpaired) electrons. The van der Waals surface area contributed by atoms with Crippen LogP contribution < -0.4 is 5.73 Å². The number of rotatable bonds is 4. The van der Waals surface area contributed by atoms with Gasteiger partial charge in [-0.25, -0.2) is 0 Å². The summed E-state index contributed by atoms with van der Waals surface area (Å²) in [7, 11) is 0. The van der Waals surface area contributed by atoms with Crippen molar-refractivity contribution in [2.75, 3.05) is 13.1 Å². The van der Waals surface area contributed by atoms with Gasteiger partial charge in [0.25, 0.3) is 5.91 Å². The van der Waals surface area contributed by atoms with E-state index >= 15 is 0 Å². The second kappa shape index (κ2) is 6.14. The Kier molecular flexibility index (Phi) is 4.19. The summed E-state index contributed by atoms with van der Waals surface area (Å²) in [5, 5.41) is 14.3. The van der Waals surface area contributed by atoms with E-state index in [-0.39, 0.29) is 6.54 Å². The molecular formula is C17H21N3O3. The highest BCUT2D eigenvalue weighted by molar-refractivity contribution is 5.83. The van der Waals surface area contributed by atoms with Crippen molar-refractivity contribution in [2.24, 2.45) is 5.73 Å². The average Bonchev–Trinajstić information content (AvgIpc) is 2.96. The number of piperidine rings is 1. The number of nitrogens with two attached hydrogens (primary N) is 1. The molecule has 1 atom stereocenters. The molecule has 3 N–H and O–H groups in total. The highest BCUT2D eigenvalue weighted by atomic mass is 16.5. The van der Waals surface area contributed by atoms with E-state index in [1.165, 1.54) is 5.56 Å². The molecular weight excluding hydrogens is 294 g/mol. The van der Waals surface area contributed by atoms with E-state index in [4.69, 9.17) is 10.3 Å². The Morgan fingerprint density at radius 2 is 2.17 bits per heavy atom. The summed E-state index contributed by atoms with van der Waals surface area (Å²) in [6, 6.07) is 9.96. The number of carbonyl (C=O) groups excluding carboxylic acids is 1. The van der Waals surface area contributed by atoms with Gasteiger partial charge in [0.05, 0.1) is 6.54 Å². The number of nitrogens with zero attached hydrogens (tertiary/aromatic N) is 2. The molecule has 1 aromatic carbocycles. The first-order chi connectivity index (χ1) is 11.0. The number of hydrogen-bond donors (Lipinski definition) is 2. The highest BCUT2D eigenvalue weighted by Gasteiger charge is 2.38. The molecule has 1 saturated heterocycles. The lowest BCUT2D eigenvalue weighted by molar-refractivity contribution is -0.142. The van der Waals surface area contributed by atoms with Gasteiger partial charge in [-0.05, 0) is 26.3 Å². The number of benzene rings is 1. The van der Waals surface area contributed by atoms with Crippen molar-refractivity contribution in [3.8, 4) is 11.3 Å². The smallest absolute Gasteiger partial charge is 0.250 e. The van der Waals surface area contributed by atoms with Crippen LogP contribution >= 0.6 is 0 Å². The van der Waals surface area contributed by atoms with Crippen LogP contribution in [0, 0.1) is 6.92 Å². The first-order valence-electron chi connectivity index (χ1n) is 7.73. The third kappa shape index (κ3) is 3.43. The molecule has 0 spiro atoms. The standard InChI is InChI=1S/C17H21N3O3/c1-12-3-5-13(6-4-12)15-9-14(23-19-15)10-20-8-2-7-17(22,11-20)16(18)21/h3-6,9,22H,2,7-8,10-11H2,1H3,(H2,18,21)/t17-/m1/s1. The largest absolute Gasteiger partial charge is 0.379 e. The number of hydrogen-bond acceptors (Lipinski definition) is 5. The van der Waals surface area contributed by atoms with Gasteiger partial charge >= 0.3 is 0 Å². The molecule has 1 aliphatic heterocycles. The zero-order valence-electron chi connectivity index (χ0n) is 13.2.